The van der Waals surface area contributed by atoms with Crippen LogP contribution in [0.1, 0.15) is 46.1 Å². The molecule has 0 saturated heterocycles. The summed E-state index contributed by atoms with van der Waals surface area (Å²) >= 11 is 0. The van der Waals surface area contributed by atoms with Gasteiger partial charge in [0.05, 0.1) is 11.9 Å². The molecular formula is C19H25N3O. The van der Waals surface area contributed by atoms with Crippen LogP contribution in [-0.4, -0.2) is 10.9 Å². The first-order valence-electron chi connectivity index (χ1n) is 8.02. The Labute approximate surface area is 138 Å². The molecule has 1 heterocycles. The van der Waals surface area contributed by atoms with Gasteiger partial charge in [-0.3, -0.25) is 4.79 Å². The molecule has 0 atom stereocenters. The zero-order valence-electron chi connectivity index (χ0n) is 14.3. The summed E-state index contributed by atoms with van der Waals surface area (Å²) < 4.78 is 0. The predicted molar refractivity (Wildman–Crippen MR) is 96.2 cm³/mol. The maximum Gasteiger partial charge on any atom is 0.224 e. The summed E-state index contributed by atoms with van der Waals surface area (Å²) in [7, 11) is 0. The number of nitrogens with zero attached hydrogens (tertiary/aromatic N) is 1. The van der Waals surface area contributed by atoms with Crippen LogP contribution in [0, 0.1) is 0 Å². The topological polar surface area (TPSA) is 54.0 Å². The summed E-state index contributed by atoms with van der Waals surface area (Å²) in [4.78, 5) is 15.9. The van der Waals surface area contributed by atoms with Gasteiger partial charge in [0.2, 0.25) is 5.91 Å². The molecule has 122 valence electrons. The Morgan fingerprint density at radius 2 is 1.70 bits per heavy atom. The minimum atomic E-state index is 0.0211. The number of hydrogen-bond donors (Lipinski definition) is 2. The van der Waals surface area contributed by atoms with Crippen molar-refractivity contribution in [3.8, 4) is 0 Å². The molecular weight excluding hydrogens is 286 g/mol. The highest BCUT2D eigenvalue weighted by atomic mass is 16.1. The zero-order chi connectivity index (χ0) is 16.9. The van der Waals surface area contributed by atoms with Crippen molar-refractivity contribution in [2.45, 2.75) is 46.0 Å². The van der Waals surface area contributed by atoms with Gasteiger partial charge in [0, 0.05) is 12.1 Å². The Morgan fingerprint density at radius 3 is 2.22 bits per heavy atom. The molecule has 2 rings (SSSR count). The number of nitrogens with one attached hydrogen (secondary N) is 2. The number of pyridine rings is 1. The Bertz CT molecular complexity index is 640. The minimum absolute atomic E-state index is 0.0211. The van der Waals surface area contributed by atoms with Gasteiger partial charge in [-0.2, -0.15) is 0 Å². The van der Waals surface area contributed by atoms with Gasteiger partial charge in [0.1, 0.15) is 5.82 Å². The van der Waals surface area contributed by atoms with Crippen LogP contribution in [0.2, 0.25) is 0 Å². The Hall–Kier alpha value is -2.36. The molecule has 4 nitrogen and oxygen atoms in total. The Balaban J connectivity index is 1.99. The fraction of sp³-hybridized carbons (Fsp3) is 0.368. The number of amides is 1. The molecule has 0 saturated carbocycles. The smallest absolute Gasteiger partial charge is 0.224 e. The van der Waals surface area contributed by atoms with E-state index in [0.29, 0.717) is 6.42 Å². The second-order valence-corrected chi connectivity index (χ2v) is 6.68. The van der Waals surface area contributed by atoms with E-state index >= 15 is 0 Å². The van der Waals surface area contributed by atoms with Gasteiger partial charge >= 0.3 is 0 Å². The molecule has 0 unspecified atom stereocenters. The lowest BCUT2D eigenvalue weighted by molar-refractivity contribution is -0.116. The number of anilines is 3. The predicted octanol–water partition coefficient (Wildman–Crippen LogP) is 4.86. The van der Waals surface area contributed by atoms with Gasteiger partial charge in [0.15, 0.2) is 0 Å². The van der Waals surface area contributed by atoms with E-state index in [1.807, 2.05) is 19.1 Å². The summed E-state index contributed by atoms with van der Waals surface area (Å²) in [6, 6.07) is 12.1. The molecule has 1 amide bonds. The lowest BCUT2D eigenvalue weighted by Crippen LogP contribution is -2.11. The second kappa shape index (κ2) is 7.27. The molecule has 0 spiro atoms. The number of rotatable bonds is 5. The molecule has 0 bridgehead atoms. The molecule has 0 aliphatic rings. The van der Waals surface area contributed by atoms with Crippen molar-refractivity contribution in [3.05, 3.63) is 48.2 Å². The molecule has 2 aromatic rings. The number of benzene rings is 1. The van der Waals surface area contributed by atoms with Gasteiger partial charge in [-0.25, -0.2) is 4.98 Å². The molecule has 0 radical (unpaired) electrons. The molecule has 1 aromatic carbocycles. The molecule has 23 heavy (non-hydrogen) atoms. The van der Waals surface area contributed by atoms with E-state index in [1.54, 1.807) is 6.20 Å². The van der Waals surface area contributed by atoms with Gasteiger partial charge in [-0.1, -0.05) is 39.8 Å². The van der Waals surface area contributed by atoms with E-state index in [2.05, 4.69) is 60.7 Å². The normalized spacial score (nSPS) is 11.1. The van der Waals surface area contributed by atoms with Crippen LogP contribution in [0.3, 0.4) is 0 Å². The first-order chi connectivity index (χ1) is 10.9. The van der Waals surface area contributed by atoms with Gasteiger partial charge in [-0.05, 0) is 41.7 Å². The number of hydrogen-bond acceptors (Lipinski definition) is 3. The van der Waals surface area contributed by atoms with Crippen molar-refractivity contribution in [2.24, 2.45) is 0 Å². The monoisotopic (exact) mass is 311 g/mol. The third-order valence-electron chi connectivity index (χ3n) is 3.55. The average molecular weight is 311 g/mol. The number of aromatic nitrogens is 1. The third-order valence-corrected chi connectivity index (χ3v) is 3.55. The van der Waals surface area contributed by atoms with E-state index in [4.69, 9.17) is 0 Å². The van der Waals surface area contributed by atoms with Crippen LogP contribution < -0.4 is 10.6 Å². The maximum atomic E-state index is 11.5. The first kappa shape index (κ1) is 17.0. The van der Waals surface area contributed by atoms with Gasteiger partial charge in [-0.15, -0.1) is 0 Å². The highest BCUT2D eigenvalue weighted by Gasteiger charge is 2.12. The van der Waals surface area contributed by atoms with Crippen LogP contribution in [0.5, 0.6) is 0 Å². The number of carbonyl (C=O) groups is 1. The summed E-state index contributed by atoms with van der Waals surface area (Å²) in [6.07, 6.45) is 3.03. The molecule has 0 fully saturated rings. The van der Waals surface area contributed by atoms with E-state index < -0.39 is 0 Å². The second-order valence-electron chi connectivity index (χ2n) is 6.68. The van der Waals surface area contributed by atoms with E-state index in [-0.39, 0.29) is 11.3 Å². The van der Waals surface area contributed by atoms with Crippen LogP contribution in [-0.2, 0) is 10.2 Å². The molecule has 0 aliphatic carbocycles. The van der Waals surface area contributed by atoms with Gasteiger partial charge in [0.25, 0.3) is 0 Å². The SMILES string of the molecule is CCCC(=O)Nc1ccc(Nc2ccc(C(C)(C)C)cc2)nc1. The van der Waals surface area contributed by atoms with Crippen LogP contribution in [0.25, 0.3) is 0 Å². The fourth-order valence-corrected chi connectivity index (χ4v) is 2.19. The average Bonchev–Trinajstić information content (AvgIpc) is 2.49. The number of carbonyl (C=O) groups excluding carboxylic acids is 1. The van der Waals surface area contributed by atoms with Crippen molar-refractivity contribution in [2.75, 3.05) is 10.6 Å². The summed E-state index contributed by atoms with van der Waals surface area (Å²) in [6.45, 7) is 8.57. The highest BCUT2D eigenvalue weighted by Crippen LogP contribution is 2.24. The van der Waals surface area contributed by atoms with Crippen LogP contribution in [0.15, 0.2) is 42.6 Å². The molecule has 2 N–H and O–H groups in total. The lowest BCUT2D eigenvalue weighted by atomic mass is 9.87. The standard InChI is InChI=1S/C19H25N3O/c1-5-6-18(23)22-16-11-12-17(20-13-16)21-15-9-7-14(8-10-15)19(2,3)4/h7-13H,5-6H2,1-4H3,(H,20,21)(H,22,23). The van der Waals surface area contributed by atoms with Crippen molar-refractivity contribution in [3.63, 3.8) is 0 Å². The lowest BCUT2D eigenvalue weighted by Gasteiger charge is -2.19. The van der Waals surface area contributed by atoms with Gasteiger partial charge < -0.3 is 10.6 Å². The third kappa shape index (κ3) is 5.09. The minimum Gasteiger partial charge on any atom is -0.340 e. The first-order valence-corrected chi connectivity index (χ1v) is 8.02. The van der Waals surface area contributed by atoms with Crippen molar-refractivity contribution in [1.29, 1.82) is 0 Å². The summed E-state index contributed by atoms with van der Waals surface area (Å²) in [5.41, 5.74) is 3.16. The zero-order valence-corrected chi connectivity index (χ0v) is 14.3. The van der Waals surface area contributed by atoms with Crippen LogP contribution >= 0.6 is 0 Å². The van der Waals surface area contributed by atoms with Crippen molar-refractivity contribution in [1.82, 2.24) is 4.98 Å². The summed E-state index contributed by atoms with van der Waals surface area (Å²) in [5, 5.41) is 6.09. The summed E-state index contributed by atoms with van der Waals surface area (Å²) in [5.74, 6) is 0.773. The van der Waals surface area contributed by atoms with Crippen molar-refractivity contribution < 1.29 is 4.79 Å². The van der Waals surface area contributed by atoms with Crippen LogP contribution in [0.4, 0.5) is 17.2 Å². The van der Waals surface area contributed by atoms with E-state index in [0.717, 1.165) is 23.6 Å². The van der Waals surface area contributed by atoms with E-state index in [1.165, 1.54) is 5.56 Å². The van der Waals surface area contributed by atoms with Crippen molar-refractivity contribution >= 4 is 23.1 Å². The quantitative estimate of drug-likeness (QED) is 0.829. The van der Waals surface area contributed by atoms with E-state index in [9.17, 15) is 4.79 Å². The maximum absolute atomic E-state index is 11.5. The Morgan fingerprint density at radius 1 is 1.04 bits per heavy atom. The highest BCUT2D eigenvalue weighted by molar-refractivity contribution is 5.90. The molecule has 1 aromatic heterocycles. The largest absolute Gasteiger partial charge is 0.340 e. The Kier molecular flexibility index (Phi) is 5.37. The molecule has 4 heteroatoms. The molecule has 0 aliphatic heterocycles. The fourth-order valence-electron chi connectivity index (χ4n) is 2.19.